The van der Waals surface area contributed by atoms with Crippen LogP contribution < -0.4 is 37.6 Å². The van der Waals surface area contributed by atoms with E-state index in [0.29, 0.717) is 12.8 Å². The van der Waals surface area contributed by atoms with E-state index in [1.165, 1.54) is 30.8 Å². The number of alkyl carbamates (subject to hydrolysis) is 1. The lowest BCUT2D eigenvalue weighted by atomic mass is 10.0. The summed E-state index contributed by atoms with van der Waals surface area (Å²) in [5.41, 5.74) is -2.40. The van der Waals surface area contributed by atoms with Crippen molar-refractivity contribution in [1.82, 2.24) is 24.4 Å². The molecule has 55 heavy (non-hydrogen) atoms. The fourth-order valence-electron chi connectivity index (χ4n) is 6.62. The number of phosphoric ester groups is 2. The third-order valence-electron chi connectivity index (χ3n) is 9.53. The summed E-state index contributed by atoms with van der Waals surface area (Å²) in [5, 5.41) is 13.0. The van der Waals surface area contributed by atoms with Gasteiger partial charge in [0.15, 0.2) is 0 Å². The number of hydrogen-bond acceptors (Lipinski definition) is 16. The number of nitrogens with zero attached hydrogens (tertiary/aromatic N) is 2. The number of aryl methyl sites for hydroxylation is 2. The number of rotatable bonds is 15. The number of carbonyl (C=O) groups is 1. The Morgan fingerprint density at radius 1 is 0.909 bits per heavy atom. The molecular formula is C32H45N5O16P2-2. The van der Waals surface area contributed by atoms with Gasteiger partial charge in [0.25, 0.3) is 26.8 Å². The lowest BCUT2D eigenvalue weighted by Crippen LogP contribution is -2.33. The SMILES string of the molecule is Cc1cn([C@H]2CC(OP(=O)([O-])OC[C@H]3O[C@@H](n4cc(C)c(=O)[nH]c4=O)CC3O)[C@@H](COP(=O)([O-])OCCNC(=O)OC3CC/C=C/CCC3)C2)c(=O)[nH]c1=O. The summed E-state index contributed by atoms with van der Waals surface area (Å²) in [4.78, 5) is 90.9. The van der Waals surface area contributed by atoms with E-state index in [1.54, 1.807) is 0 Å². The van der Waals surface area contributed by atoms with Crippen LogP contribution in [0.2, 0.25) is 0 Å². The van der Waals surface area contributed by atoms with Gasteiger partial charge in [-0.25, -0.2) is 14.4 Å². The van der Waals surface area contributed by atoms with Crippen LogP contribution in [0.3, 0.4) is 0 Å². The van der Waals surface area contributed by atoms with Crippen LogP contribution in [0.25, 0.3) is 0 Å². The molecule has 1 amide bonds. The summed E-state index contributed by atoms with van der Waals surface area (Å²) < 4.78 is 59.4. The van der Waals surface area contributed by atoms with E-state index in [1.807, 2.05) is 6.08 Å². The first-order valence-electron chi connectivity index (χ1n) is 17.8. The minimum atomic E-state index is -5.23. The Bertz CT molecular complexity index is 2030. The number of nitrogens with one attached hydrogen (secondary N) is 3. The van der Waals surface area contributed by atoms with Gasteiger partial charge in [-0.05, 0) is 58.8 Å². The van der Waals surface area contributed by atoms with E-state index in [2.05, 4.69) is 21.4 Å². The zero-order valence-electron chi connectivity index (χ0n) is 30.2. The molecule has 0 bridgehead atoms. The first-order valence-corrected chi connectivity index (χ1v) is 20.7. The maximum absolute atomic E-state index is 13.1. The van der Waals surface area contributed by atoms with Crippen molar-refractivity contribution in [2.45, 2.75) is 102 Å². The van der Waals surface area contributed by atoms with E-state index in [9.17, 15) is 48.0 Å². The van der Waals surface area contributed by atoms with Crippen molar-refractivity contribution in [3.63, 3.8) is 0 Å². The molecule has 23 heteroatoms. The van der Waals surface area contributed by atoms with Crippen LogP contribution in [-0.2, 0) is 36.7 Å². The van der Waals surface area contributed by atoms with Crippen LogP contribution in [0.4, 0.5) is 4.79 Å². The van der Waals surface area contributed by atoms with E-state index in [0.717, 1.165) is 23.8 Å². The second-order valence-corrected chi connectivity index (χ2v) is 16.4. The molecule has 9 atom stereocenters. The molecule has 306 valence electrons. The number of aliphatic hydroxyl groups is 1. The molecule has 1 saturated carbocycles. The number of H-pyrrole nitrogens is 2. The average Bonchev–Trinajstić information content (AvgIpc) is 3.67. The van der Waals surface area contributed by atoms with Crippen LogP contribution in [0, 0.1) is 19.8 Å². The second kappa shape index (κ2) is 18.6. The molecule has 5 unspecified atom stereocenters. The van der Waals surface area contributed by atoms with Gasteiger partial charge < -0.3 is 47.8 Å². The summed E-state index contributed by atoms with van der Waals surface area (Å²) in [5.74, 6) is -0.972. The molecule has 4 N–H and O–H groups in total. The largest absolute Gasteiger partial charge is 0.756 e. The number of hydrogen-bond donors (Lipinski definition) is 4. The summed E-state index contributed by atoms with van der Waals surface area (Å²) in [6.45, 7) is 0.861. The maximum atomic E-state index is 13.1. The van der Waals surface area contributed by atoms with E-state index in [4.69, 9.17) is 27.6 Å². The molecule has 2 aromatic heterocycles. The average molecular weight is 818 g/mol. The van der Waals surface area contributed by atoms with Gasteiger partial charge in [0.1, 0.15) is 18.4 Å². The smallest absolute Gasteiger partial charge is 0.407 e. The Morgan fingerprint density at radius 3 is 2.29 bits per heavy atom. The van der Waals surface area contributed by atoms with Crippen LogP contribution in [0.15, 0.2) is 43.7 Å². The summed E-state index contributed by atoms with van der Waals surface area (Å²) in [7, 11) is -10.2. The highest BCUT2D eigenvalue weighted by atomic mass is 31.2. The van der Waals surface area contributed by atoms with Crippen molar-refractivity contribution in [1.29, 1.82) is 0 Å². The molecule has 5 rings (SSSR count). The van der Waals surface area contributed by atoms with Gasteiger partial charge in [0, 0.05) is 48.4 Å². The highest BCUT2D eigenvalue weighted by Gasteiger charge is 2.41. The molecule has 0 spiro atoms. The lowest BCUT2D eigenvalue weighted by molar-refractivity contribution is -0.235. The van der Waals surface area contributed by atoms with Crippen LogP contribution in [0.1, 0.15) is 74.8 Å². The third kappa shape index (κ3) is 12.0. The summed E-state index contributed by atoms with van der Waals surface area (Å²) in [6.07, 6.45) is 4.43. The number of amides is 1. The molecule has 21 nitrogen and oxygen atoms in total. The Kier molecular flexibility index (Phi) is 14.5. The van der Waals surface area contributed by atoms with Gasteiger partial charge in [-0.2, -0.15) is 0 Å². The van der Waals surface area contributed by atoms with Crippen molar-refractivity contribution in [3.8, 4) is 0 Å². The normalized spacial score (nSPS) is 28.4. The first kappa shape index (κ1) is 42.6. The summed E-state index contributed by atoms with van der Waals surface area (Å²) in [6, 6.07) is -0.766. The van der Waals surface area contributed by atoms with E-state index >= 15 is 0 Å². The van der Waals surface area contributed by atoms with Crippen LogP contribution in [-0.4, -0.2) is 81.1 Å². The Labute approximate surface area is 313 Å². The van der Waals surface area contributed by atoms with Crippen LogP contribution in [0.5, 0.6) is 0 Å². The van der Waals surface area contributed by atoms with Crippen molar-refractivity contribution in [3.05, 3.63) is 77.3 Å². The molecule has 3 heterocycles. The quantitative estimate of drug-likeness (QED) is 0.107. The van der Waals surface area contributed by atoms with Crippen LogP contribution >= 0.6 is 15.6 Å². The van der Waals surface area contributed by atoms with Gasteiger partial charge in [0.2, 0.25) is 0 Å². The van der Waals surface area contributed by atoms with E-state index < -0.39 is 101 Å². The highest BCUT2D eigenvalue weighted by Crippen LogP contribution is 2.49. The standard InChI is InChI=1S/C32H47N5O16P2/c1-19-15-36(30(41)34-28(19)39)22-12-21(17-49-54(44,45)48-11-10-33-32(43)51-23-8-6-4-3-5-7-9-23)25(13-22)53-55(46,47)50-18-26-24(38)14-27(52-26)37-16-20(2)29(40)35-31(37)42/h3-4,15-16,21-27,38H,5-14,17-18H2,1-2H3,(H,33,43)(H,44,45)(H,46,47)(H,34,39,41)(H,35,40,42)/p-2/b4-3+/t21-,22-,23?,24?,25?,26-,27-/m1/s1. The van der Waals surface area contributed by atoms with Gasteiger partial charge in [0.05, 0.1) is 32.0 Å². The minimum Gasteiger partial charge on any atom is -0.756 e. The Morgan fingerprint density at radius 2 is 1.56 bits per heavy atom. The number of allylic oxidation sites excluding steroid dienone is 2. The molecule has 2 aliphatic carbocycles. The molecule has 2 aromatic rings. The molecule has 2 fully saturated rings. The van der Waals surface area contributed by atoms with Gasteiger partial charge in [-0.3, -0.25) is 37.8 Å². The number of ether oxygens (including phenoxy) is 2. The number of aromatic amines is 2. The van der Waals surface area contributed by atoms with Gasteiger partial charge >= 0.3 is 17.5 Å². The topological polar surface area (TPSA) is 295 Å². The molecular weight excluding hydrogens is 772 g/mol. The second-order valence-electron chi connectivity index (χ2n) is 13.7. The Hall–Kier alpha value is -3.49. The predicted octanol–water partition coefficient (Wildman–Crippen LogP) is 0.290. The molecule has 1 saturated heterocycles. The molecule has 0 aromatic carbocycles. The lowest BCUT2D eigenvalue weighted by Gasteiger charge is -2.31. The Balaban J connectivity index is 1.17. The zero-order valence-corrected chi connectivity index (χ0v) is 32.0. The number of aromatic nitrogens is 4. The first-order chi connectivity index (χ1) is 26.0. The van der Waals surface area contributed by atoms with Gasteiger partial charge in [-0.1, -0.05) is 12.2 Å². The summed E-state index contributed by atoms with van der Waals surface area (Å²) >= 11 is 0. The van der Waals surface area contributed by atoms with Crippen molar-refractivity contribution >= 4 is 21.7 Å². The fraction of sp³-hybridized carbons (Fsp3) is 0.656. The zero-order chi connectivity index (χ0) is 39.9. The third-order valence-corrected chi connectivity index (χ3v) is 11.5. The highest BCUT2D eigenvalue weighted by molar-refractivity contribution is 7.46. The monoisotopic (exact) mass is 817 g/mol. The van der Waals surface area contributed by atoms with Crippen molar-refractivity contribution < 1.29 is 56.4 Å². The van der Waals surface area contributed by atoms with Crippen molar-refractivity contribution in [2.75, 3.05) is 26.4 Å². The fourth-order valence-corrected chi connectivity index (χ4v) is 8.36. The maximum Gasteiger partial charge on any atom is 0.407 e. The van der Waals surface area contributed by atoms with E-state index in [-0.39, 0.29) is 43.0 Å². The molecule has 1 aliphatic heterocycles. The van der Waals surface area contributed by atoms with Crippen molar-refractivity contribution in [2.24, 2.45) is 5.92 Å². The minimum absolute atomic E-state index is 0.0279. The number of phosphoric acid groups is 2. The van der Waals surface area contributed by atoms with Gasteiger partial charge in [-0.15, -0.1) is 0 Å². The molecule has 0 radical (unpaired) electrons. The number of aliphatic hydroxyl groups excluding tert-OH is 1. The predicted molar refractivity (Wildman–Crippen MR) is 187 cm³/mol. The number of carbonyl (C=O) groups excluding carboxylic acids is 1. The molecule has 3 aliphatic rings.